The molecule has 1 fully saturated rings. The minimum absolute atomic E-state index is 0.201. The van der Waals surface area contributed by atoms with Gasteiger partial charge in [-0.1, -0.05) is 19.3 Å². The highest BCUT2D eigenvalue weighted by Crippen LogP contribution is 2.31. The van der Waals surface area contributed by atoms with Crippen molar-refractivity contribution in [1.29, 1.82) is 0 Å². The van der Waals surface area contributed by atoms with Crippen molar-refractivity contribution < 1.29 is 13.2 Å². The second-order valence-corrected chi connectivity index (χ2v) is 4.84. The van der Waals surface area contributed by atoms with Gasteiger partial charge in [0.2, 0.25) is 0 Å². The van der Waals surface area contributed by atoms with Gasteiger partial charge in [-0.25, -0.2) is 8.78 Å². The van der Waals surface area contributed by atoms with E-state index in [1.54, 1.807) is 0 Å². The van der Waals surface area contributed by atoms with Gasteiger partial charge in [-0.15, -0.1) is 0 Å². The average Bonchev–Trinajstić information content (AvgIpc) is 2.26. The summed E-state index contributed by atoms with van der Waals surface area (Å²) in [6, 6.07) is 0.525. The monoisotopic (exact) mass is 244 g/mol. The number of anilines is 1. The largest absolute Gasteiger partial charge is 0.362 e. The molecule has 1 aromatic rings. The fourth-order valence-corrected chi connectivity index (χ4v) is 2.27. The van der Waals surface area contributed by atoms with Crippen LogP contribution < -0.4 is 5.32 Å². The molecule has 0 bridgehead atoms. The molecular weight excluding hydrogens is 229 g/mol. The van der Waals surface area contributed by atoms with E-state index in [1.807, 2.05) is 6.92 Å². The number of rotatable bonds is 2. The van der Waals surface area contributed by atoms with Gasteiger partial charge in [0.15, 0.2) is 17.5 Å². The van der Waals surface area contributed by atoms with Gasteiger partial charge in [-0.3, -0.25) is 0 Å². The molecule has 0 spiro atoms. The molecule has 0 aromatic carbocycles. The Morgan fingerprint density at radius 2 is 1.76 bits per heavy atom. The van der Waals surface area contributed by atoms with E-state index in [1.165, 1.54) is 0 Å². The normalized spacial score (nSPS) is 19.1. The maximum atomic E-state index is 13.4. The van der Waals surface area contributed by atoms with Gasteiger partial charge in [-0.05, 0) is 19.8 Å². The third-order valence-corrected chi connectivity index (χ3v) is 3.26. The highest BCUT2D eigenvalue weighted by molar-refractivity contribution is 5.39. The van der Waals surface area contributed by atoms with Crippen molar-refractivity contribution in [3.05, 3.63) is 23.6 Å². The molecule has 1 aromatic heterocycles. The van der Waals surface area contributed by atoms with Crippen molar-refractivity contribution in [3.8, 4) is 0 Å². The third-order valence-electron chi connectivity index (χ3n) is 3.26. The summed E-state index contributed by atoms with van der Waals surface area (Å²) in [5.41, 5.74) is -0.281. The SMILES string of the molecule is CC1(Nc2nc(F)c(F)cc2F)CCCCC1. The van der Waals surface area contributed by atoms with Crippen LogP contribution in [0.2, 0.25) is 0 Å². The highest BCUT2D eigenvalue weighted by Gasteiger charge is 2.28. The van der Waals surface area contributed by atoms with Gasteiger partial charge >= 0.3 is 0 Å². The van der Waals surface area contributed by atoms with Gasteiger partial charge < -0.3 is 5.32 Å². The molecule has 94 valence electrons. The molecule has 2 rings (SSSR count). The summed E-state index contributed by atoms with van der Waals surface area (Å²) in [6.07, 6.45) is 5.02. The summed E-state index contributed by atoms with van der Waals surface area (Å²) in [4.78, 5) is 3.28. The molecule has 0 unspecified atom stereocenters. The maximum Gasteiger partial charge on any atom is 0.251 e. The lowest BCUT2D eigenvalue weighted by molar-refractivity contribution is 0.345. The fraction of sp³-hybridized carbons (Fsp3) is 0.583. The van der Waals surface area contributed by atoms with E-state index in [0.29, 0.717) is 6.07 Å². The fourth-order valence-electron chi connectivity index (χ4n) is 2.27. The van der Waals surface area contributed by atoms with E-state index in [9.17, 15) is 13.2 Å². The number of nitrogens with one attached hydrogen (secondary N) is 1. The zero-order chi connectivity index (χ0) is 12.5. The van der Waals surface area contributed by atoms with E-state index in [4.69, 9.17) is 0 Å². The lowest BCUT2D eigenvalue weighted by Crippen LogP contribution is -2.37. The molecule has 5 heteroatoms. The second-order valence-electron chi connectivity index (χ2n) is 4.84. The van der Waals surface area contributed by atoms with Crippen molar-refractivity contribution in [2.45, 2.75) is 44.6 Å². The van der Waals surface area contributed by atoms with Crippen LogP contribution in [0.25, 0.3) is 0 Å². The molecule has 0 radical (unpaired) electrons. The molecule has 1 saturated carbocycles. The van der Waals surface area contributed by atoms with Crippen LogP contribution in [0.15, 0.2) is 6.07 Å². The number of nitrogens with zero attached hydrogens (tertiary/aromatic N) is 1. The molecule has 1 heterocycles. The molecule has 0 aliphatic heterocycles. The van der Waals surface area contributed by atoms with Crippen molar-refractivity contribution in [1.82, 2.24) is 4.98 Å². The van der Waals surface area contributed by atoms with E-state index >= 15 is 0 Å². The average molecular weight is 244 g/mol. The summed E-state index contributed by atoms with van der Waals surface area (Å²) in [5, 5.41) is 2.90. The van der Waals surface area contributed by atoms with Crippen LogP contribution in [-0.2, 0) is 0 Å². The van der Waals surface area contributed by atoms with Crippen molar-refractivity contribution in [3.63, 3.8) is 0 Å². The first-order chi connectivity index (χ1) is 8.00. The van der Waals surface area contributed by atoms with Gasteiger partial charge in [0.25, 0.3) is 5.95 Å². The summed E-state index contributed by atoms with van der Waals surface area (Å²) in [7, 11) is 0. The first kappa shape index (κ1) is 12.2. The Balaban J connectivity index is 2.20. The standard InChI is InChI=1S/C12H15F3N2/c1-12(5-3-2-4-6-12)17-11-9(14)7-8(13)10(15)16-11/h7H,2-6H2,1H3,(H,16,17). The summed E-state index contributed by atoms with van der Waals surface area (Å²) in [5.74, 6) is -3.58. The lowest BCUT2D eigenvalue weighted by Gasteiger charge is -2.35. The third kappa shape index (κ3) is 2.70. The minimum Gasteiger partial charge on any atom is -0.362 e. The van der Waals surface area contributed by atoms with Crippen LogP contribution >= 0.6 is 0 Å². The Kier molecular flexibility index (Phi) is 3.26. The van der Waals surface area contributed by atoms with E-state index < -0.39 is 17.6 Å². The van der Waals surface area contributed by atoms with Crippen LogP contribution in [0.4, 0.5) is 19.0 Å². The Morgan fingerprint density at radius 3 is 2.41 bits per heavy atom. The first-order valence-corrected chi connectivity index (χ1v) is 5.80. The summed E-state index contributed by atoms with van der Waals surface area (Å²) >= 11 is 0. The van der Waals surface area contributed by atoms with Crippen LogP contribution in [0.3, 0.4) is 0 Å². The van der Waals surface area contributed by atoms with E-state index in [-0.39, 0.29) is 11.4 Å². The number of halogens is 3. The lowest BCUT2D eigenvalue weighted by atomic mass is 9.83. The minimum atomic E-state index is -1.27. The first-order valence-electron chi connectivity index (χ1n) is 5.80. The molecule has 0 atom stereocenters. The predicted octanol–water partition coefficient (Wildman–Crippen LogP) is 3.63. The Morgan fingerprint density at radius 1 is 1.12 bits per heavy atom. The molecule has 1 aliphatic rings. The van der Waals surface area contributed by atoms with Gasteiger partial charge in [0, 0.05) is 11.6 Å². The molecule has 17 heavy (non-hydrogen) atoms. The van der Waals surface area contributed by atoms with Crippen LogP contribution in [-0.4, -0.2) is 10.5 Å². The summed E-state index contributed by atoms with van der Waals surface area (Å²) < 4.78 is 39.1. The molecular formula is C12H15F3N2. The number of aromatic nitrogens is 1. The van der Waals surface area contributed by atoms with Crippen molar-refractivity contribution >= 4 is 5.82 Å². The zero-order valence-electron chi connectivity index (χ0n) is 9.69. The van der Waals surface area contributed by atoms with Crippen molar-refractivity contribution in [2.24, 2.45) is 0 Å². The smallest absolute Gasteiger partial charge is 0.251 e. The van der Waals surface area contributed by atoms with Crippen LogP contribution in [0.1, 0.15) is 39.0 Å². The van der Waals surface area contributed by atoms with E-state index in [2.05, 4.69) is 10.3 Å². The number of hydrogen-bond donors (Lipinski definition) is 1. The zero-order valence-corrected chi connectivity index (χ0v) is 9.69. The Bertz CT molecular complexity index is 414. The maximum absolute atomic E-state index is 13.4. The number of hydrogen-bond acceptors (Lipinski definition) is 2. The molecule has 0 saturated heterocycles. The number of pyridine rings is 1. The van der Waals surface area contributed by atoms with Gasteiger partial charge in [0.1, 0.15) is 0 Å². The van der Waals surface area contributed by atoms with E-state index in [0.717, 1.165) is 32.1 Å². The molecule has 0 amide bonds. The van der Waals surface area contributed by atoms with Gasteiger partial charge in [-0.2, -0.15) is 9.37 Å². The predicted molar refractivity (Wildman–Crippen MR) is 59.2 cm³/mol. The van der Waals surface area contributed by atoms with Gasteiger partial charge in [0.05, 0.1) is 0 Å². The molecule has 2 nitrogen and oxygen atoms in total. The highest BCUT2D eigenvalue weighted by atomic mass is 19.2. The molecule has 1 N–H and O–H groups in total. The Hall–Kier alpha value is -1.26. The van der Waals surface area contributed by atoms with Crippen LogP contribution in [0, 0.1) is 17.6 Å². The summed E-state index contributed by atoms with van der Waals surface area (Å²) in [6.45, 7) is 1.95. The quantitative estimate of drug-likeness (QED) is 0.803. The Labute approximate surface area is 98.2 Å². The molecule has 1 aliphatic carbocycles. The van der Waals surface area contributed by atoms with Crippen LogP contribution in [0.5, 0.6) is 0 Å². The topological polar surface area (TPSA) is 24.9 Å². The van der Waals surface area contributed by atoms with Crippen molar-refractivity contribution in [2.75, 3.05) is 5.32 Å². The second kappa shape index (κ2) is 4.55.